The zero-order valence-corrected chi connectivity index (χ0v) is 13.1. The molecule has 3 rings (SSSR count). The monoisotopic (exact) mass is 286 g/mol. The lowest BCUT2D eigenvalue weighted by Gasteiger charge is -2.13. The van der Waals surface area contributed by atoms with E-state index in [0.29, 0.717) is 11.7 Å². The molecule has 1 aliphatic rings. The third kappa shape index (κ3) is 2.29. The van der Waals surface area contributed by atoms with Gasteiger partial charge in [-0.05, 0) is 45.6 Å². The summed E-state index contributed by atoms with van der Waals surface area (Å²) in [6, 6.07) is 0. The van der Waals surface area contributed by atoms with Gasteiger partial charge in [0, 0.05) is 17.2 Å². The fraction of sp³-hybridized carbons (Fsp3) is 0.533. The number of hydrogen-bond acceptors (Lipinski definition) is 5. The SMILES string of the molecule is CCc1c(C)nn(-c2nc(C3CC3)nc(NN)c2C)c1C. The molecule has 1 fully saturated rings. The van der Waals surface area contributed by atoms with Crippen molar-refractivity contribution >= 4 is 5.82 Å². The fourth-order valence-electron chi connectivity index (χ4n) is 2.79. The summed E-state index contributed by atoms with van der Waals surface area (Å²) in [4.78, 5) is 9.29. The molecule has 0 unspecified atom stereocenters. The number of nitrogens with two attached hydrogens (primary N) is 1. The molecule has 0 atom stereocenters. The van der Waals surface area contributed by atoms with Gasteiger partial charge in [-0.25, -0.2) is 20.5 Å². The first kappa shape index (κ1) is 14.0. The van der Waals surface area contributed by atoms with Gasteiger partial charge >= 0.3 is 0 Å². The molecular formula is C15H22N6. The van der Waals surface area contributed by atoms with E-state index in [-0.39, 0.29) is 0 Å². The summed E-state index contributed by atoms with van der Waals surface area (Å²) in [5.74, 6) is 8.48. The number of aryl methyl sites for hydroxylation is 1. The number of aromatic nitrogens is 4. The minimum atomic E-state index is 0.471. The maximum Gasteiger partial charge on any atom is 0.162 e. The van der Waals surface area contributed by atoms with Crippen molar-refractivity contribution in [1.29, 1.82) is 0 Å². The Labute approximate surface area is 124 Å². The van der Waals surface area contributed by atoms with Crippen molar-refractivity contribution in [3.05, 3.63) is 28.3 Å². The quantitative estimate of drug-likeness (QED) is 0.666. The van der Waals surface area contributed by atoms with E-state index < -0.39 is 0 Å². The fourth-order valence-corrected chi connectivity index (χ4v) is 2.79. The molecule has 1 saturated carbocycles. The average molecular weight is 286 g/mol. The van der Waals surface area contributed by atoms with Crippen LogP contribution in [0.15, 0.2) is 0 Å². The van der Waals surface area contributed by atoms with Gasteiger partial charge in [0.25, 0.3) is 0 Å². The smallest absolute Gasteiger partial charge is 0.162 e. The molecule has 0 bridgehead atoms. The Balaban J connectivity index is 2.19. The topological polar surface area (TPSA) is 81.7 Å². The Bertz CT molecular complexity index is 684. The molecule has 112 valence electrons. The molecule has 6 heteroatoms. The number of anilines is 1. The highest BCUT2D eigenvalue weighted by Crippen LogP contribution is 2.39. The lowest BCUT2D eigenvalue weighted by molar-refractivity contribution is 0.772. The lowest BCUT2D eigenvalue weighted by atomic mass is 10.1. The van der Waals surface area contributed by atoms with Crippen LogP contribution in [0, 0.1) is 20.8 Å². The van der Waals surface area contributed by atoms with Gasteiger partial charge in [0.1, 0.15) is 11.6 Å². The summed E-state index contributed by atoms with van der Waals surface area (Å²) < 4.78 is 1.93. The second kappa shape index (κ2) is 5.11. The van der Waals surface area contributed by atoms with Gasteiger partial charge in [0.2, 0.25) is 0 Å². The summed E-state index contributed by atoms with van der Waals surface area (Å²) in [5, 5.41) is 4.67. The standard InChI is InChI=1S/C15H22N6/c1-5-12-9(3)20-21(10(12)4)15-8(2)13(19-16)17-14(18-15)11-6-7-11/h11H,5-7,16H2,1-4H3,(H,17,18,19). The molecule has 0 spiro atoms. The van der Waals surface area contributed by atoms with Gasteiger partial charge in [0.15, 0.2) is 5.82 Å². The summed E-state index contributed by atoms with van der Waals surface area (Å²) in [6.07, 6.45) is 3.28. The van der Waals surface area contributed by atoms with Crippen LogP contribution in [0.2, 0.25) is 0 Å². The van der Waals surface area contributed by atoms with E-state index in [0.717, 1.165) is 47.9 Å². The molecule has 2 heterocycles. The zero-order valence-electron chi connectivity index (χ0n) is 13.1. The van der Waals surface area contributed by atoms with Gasteiger partial charge in [-0.3, -0.25) is 0 Å². The number of nitrogen functional groups attached to an aromatic ring is 1. The van der Waals surface area contributed by atoms with Crippen LogP contribution >= 0.6 is 0 Å². The molecular weight excluding hydrogens is 264 g/mol. The van der Waals surface area contributed by atoms with Crippen molar-refractivity contribution in [3.8, 4) is 5.82 Å². The van der Waals surface area contributed by atoms with Crippen LogP contribution in [0.3, 0.4) is 0 Å². The predicted octanol–water partition coefficient (Wildman–Crippen LogP) is 2.31. The first-order chi connectivity index (χ1) is 10.1. The lowest BCUT2D eigenvalue weighted by Crippen LogP contribution is -2.16. The molecule has 2 aromatic heterocycles. The maximum atomic E-state index is 5.62. The van der Waals surface area contributed by atoms with E-state index in [9.17, 15) is 0 Å². The third-order valence-corrected chi connectivity index (χ3v) is 4.21. The Hall–Kier alpha value is -1.95. The van der Waals surface area contributed by atoms with Crippen LogP contribution < -0.4 is 11.3 Å². The molecule has 0 saturated heterocycles. The molecule has 2 aromatic rings. The Morgan fingerprint density at radius 3 is 2.48 bits per heavy atom. The van der Waals surface area contributed by atoms with E-state index in [1.165, 1.54) is 5.56 Å². The van der Waals surface area contributed by atoms with E-state index in [2.05, 4.69) is 29.4 Å². The molecule has 6 nitrogen and oxygen atoms in total. The van der Waals surface area contributed by atoms with Gasteiger partial charge < -0.3 is 5.43 Å². The van der Waals surface area contributed by atoms with E-state index in [1.807, 2.05) is 18.5 Å². The minimum absolute atomic E-state index is 0.471. The summed E-state index contributed by atoms with van der Waals surface area (Å²) >= 11 is 0. The third-order valence-electron chi connectivity index (χ3n) is 4.21. The largest absolute Gasteiger partial charge is 0.308 e. The second-order valence-corrected chi connectivity index (χ2v) is 5.71. The Morgan fingerprint density at radius 2 is 1.95 bits per heavy atom. The molecule has 21 heavy (non-hydrogen) atoms. The van der Waals surface area contributed by atoms with Crippen LogP contribution in [0.1, 0.15) is 54.0 Å². The number of nitrogens with one attached hydrogen (secondary N) is 1. The molecule has 3 N–H and O–H groups in total. The van der Waals surface area contributed by atoms with Gasteiger partial charge in [0.05, 0.1) is 5.69 Å². The summed E-state index contributed by atoms with van der Waals surface area (Å²) in [7, 11) is 0. The van der Waals surface area contributed by atoms with Crippen LogP contribution in [-0.4, -0.2) is 19.7 Å². The molecule has 0 amide bonds. The van der Waals surface area contributed by atoms with Crippen molar-refractivity contribution in [2.75, 3.05) is 5.43 Å². The average Bonchev–Trinajstić information content (AvgIpc) is 3.26. The van der Waals surface area contributed by atoms with E-state index >= 15 is 0 Å². The second-order valence-electron chi connectivity index (χ2n) is 5.71. The van der Waals surface area contributed by atoms with Gasteiger partial charge in [-0.1, -0.05) is 6.92 Å². The van der Waals surface area contributed by atoms with Gasteiger partial charge in [-0.2, -0.15) is 5.10 Å². The normalized spacial score (nSPS) is 14.5. The number of hydrazine groups is 1. The van der Waals surface area contributed by atoms with Crippen molar-refractivity contribution < 1.29 is 0 Å². The van der Waals surface area contributed by atoms with Crippen molar-refractivity contribution in [1.82, 2.24) is 19.7 Å². The molecule has 0 aliphatic heterocycles. The summed E-state index contributed by atoms with van der Waals surface area (Å²) in [6.45, 7) is 8.26. The highest BCUT2D eigenvalue weighted by Gasteiger charge is 2.29. The van der Waals surface area contributed by atoms with Crippen LogP contribution in [0.4, 0.5) is 5.82 Å². The molecule has 1 aliphatic carbocycles. The maximum absolute atomic E-state index is 5.62. The van der Waals surface area contributed by atoms with Crippen LogP contribution in [0.25, 0.3) is 5.82 Å². The van der Waals surface area contributed by atoms with Crippen molar-refractivity contribution in [2.24, 2.45) is 5.84 Å². The summed E-state index contributed by atoms with van der Waals surface area (Å²) in [5.41, 5.74) is 7.10. The Morgan fingerprint density at radius 1 is 1.24 bits per heavy atom. The first-order valence-corrected chi connectivity index (χ1v) is 7.47. The van der Waals surface area contributed by atoms with E-state index in [4.69, 9.17) is 10.8 Å². The zero-order chi connectivity index (χ0) is 15.1. The molecule has 0 radical (unpaired) electrons. The Kier molecular flexibility index (Phi) is 3.41. The number of hydrogen-bond donors (Lipinski definition) is 2. The van der Waals surface area contributed by atoms with Gasteiger partial charge in [-0.15, -0.1) is 0 Å². The van der Waals surface area contributed by atoms with Crippen molar-refractivity contribution in [3.63, 3.8) is 0 Å². The number of rotatable bonds is 4. The predicted molar refractivity (Wildman–Crippen MR) is 82.5 cm³/mol. The molecule has 0 aromatic carbocycles. The number of nitrogens with zero attached hydrogens (tertiary/aromatic N) is 4. The van der Waals surface area contributed by atoms with Crippen LogP contribution in [-0.2, 0) is 6.42 Å². The van der Waals surface area contributed by atoms with Crippen molar-refractivity contribution in [2.45, 2.75) is 52.9 Å². The highest BCUT2D eigenvalue weighted by atomic mass is 15.3. The first-order valence-electron chi connectivity index (χ1n) is 7.47. The van der Waals surface area contributed by atoms with Crippen LogP contribution in [0.5, 0.6) is 0 Å². The highest BCUT2D eigenvalue weighted by molar-refractivity contribution is 5.52. The van der Waals surface area contributed by atoms with E-state index in [1.54, 1.807) is 0 Å². The minimum Gasteiger partial charge on any atom is -0.308 e.